The van der Waals surface area contributed by atoms with Crippen LogP contribution in [-0.4, -0.2) is 14.5 Å². The van der Waals surface area contributed by atoms with Crippen molar-refractivity contribution in [3.63, 3.8) is 0 Å². The number of aromatic nitrogens is 2. The van der Waals surface area contributed by atoms with Crippen LogP contribution < -0.4 is 10.5 Å². The molecule has 0 aliphatic heterocycles. The predicted octanol–water partition coefficient (Wildman–Crippen LogP) is 2.20. The summed E-state index contributed by atoms with van der Waals surface area (Å²) in [5.74, 6) is 0.789. The minimum atomic E-state index is 0.181. The van der Waals surface area contributed by atoms with Crippen molar-refractivity contribution in [2.75, 3.05) is 5.73 Å². The number of nitrogens with zero attached hydrogens (tertiary/aromatic N) is 2. The summed E-state index contributed by atoms with van der Waals surface area (Å²) < 4.78 is 7.42. The van der Waals surface area contributed by atoms with E-state index in [4.69, 9.17) is 10.5 Å². The van der Waals surface area contributed by atoms with Crippen molar-refractivity contribution in [1.82, 2.24) is 9.38 Å². The molecule has 0 aliphatic rings. The third-order valence-corrected chi connectivity index (χ3v) is 2.73. The summed E-state index contributed by atoms with van der Waals surface area (Å²) in [6.07, 6.45) is 3.68. The fourth-order valence-corrected chi connectivity index (χ4v) is 1.86. The number of ether oxygens (including phenoxy) is 1. The number of hydrogen-bond donors (Lipinski definition) is 2. The maximum atomic E-state index is 9.34. The van der Waals surface area contributed by atoms with Crippen molar-refractivity contribution >= 4 is 11.3 Å². The molecule has 96 valence electrons. The van der Waals surface area contributed by atoms with E-state index < -0.39 is 0 Å². The number of rotatable bonds is 3. The van der Waals surface area contributed by atoms with Crippen molar-refractivity contribution in [3.05, 3.63) is 54.5 Å². The molecule has 0 aliphatic carbocycles. The molecule has 0 spiro atoms. The van der Waals surface area contributed by atoms with Gasteiger partial charge in [-0.3, -0.25) is 0 Å². The van der Waals surface area contributed by atoms with E-state index in [1.807, 2.05) is 22.7 Å². The van der Waals surface area contributed by atoms with E-state index in [-0.39, 0.29) is 5.75 Å². The first-order valence-corrected chi connectivity index (χ1v) is 5.86. The standard InChI is InChI=1S/C14H13N3O2/c15-10-4-5-14-16-11(8-17(14)7-10)9-19-13-3-1-2-12(18)6-13/h1-8,18H,9,15H2. The van der Waals surface area contributed by atoms with Gasteiger partial charge < -0.3 is 20.0 Å². The molecule has 2 heterocycles. The number of fused-ring (bicyclic) bond motifs is 1. The Balaban J connectivity index is 1.78. The zero-order chi connectivity index (χ0) is 13.2. The Kier molecular flexibility index (Phi) is 2.72. The van der Waals surface area contributed by atoms with Gasteiger partial charge >= 0.3 is 0 Å². The number of hydrogen-bond acceptors (Lipinski definition) is 4. The van der Waals surface area contributed by atoms with E-state index in [9.17, 15) is 5.11 Å². The second-order valence-electron chi connectivity index (χ2n) is 4.25. The summed E-state index contributed by atoms with van der Waals surface area (Å²) >= 11 is 0. The first-order chi connectivity index (χ1) is 9.20. The molecule has 1 aromatic carbocycles. The van der Waals surface area contributed by atoms with Crippen LogP contribution in [-0.2, 0) is 6.61 Å². The van der Waals surface area contributed by atoms with Gasteiger partial charge in [0, 0.05) is 24.1 Å². The highest BCUT2D eigenvalue weighted by molar-refractivity contribution is 5.48. The normalized spacial score (nSPS) is 10.7. The average Bonchev–Trinajstić information content (AvgIpc) is 2.78. The van der Waals surface area contributed by atoms with Gasteiger partial charge in [0.25, 0.3) is 0 Å². The van der Waals surface area contributed by atoms with Crippen LogP contribution in [0.3, 0.4) is 0 Å². The van der Waals surface area contributed by atoms with Crippen LogP contribution in [0.25, 0.3) is 5.65 Å². The van der Waals surface area contributed by atoms with Crippen LogP contribution in [0.5, 0.6) is 11.5 Å². The number of imidazole rings is 1. The first-order valence-electron chi connectivity index (χ1n) is 5.86. The summed E-state index contributed by atoms with van der Waals surface area (Å²) in [7, 11) is 0. The monoisotopic (exact) mass is 255 g/mol. The zero-order valence-corrected chi connectivity index (χ0v) is 10.2. The van der Waals surface area contributed by atoms with Crippen LogP contribution in [0.1, 0.15) is 5.69 Å². The Bertz CT molecular complexity index is 722. The number of phenols is 1. The Morgan fingerprint density at radius 1 is 1.21 bits per heavy atom. The maximum Gasteiger partial charge on any atom is 0.137 e. The molecule has 0 saturated heterocycles. The molecule has 0 unspecified atom stereocenters. The SMILES string of the molecule is Nc1ccc2nc(COc3cccc(O)c3)cn2c1. The highest BCUT2D eigenvalue weighted by Crippen LogP contribution is 2.19. The highest BCUT2D eigenvalue weighted by atomic mass is 16.5. The van der Waals surface area contributed by atoms with Crippen LogP contribution in [0, 0.1) is 0 Å². The molecule has 0 saturated carbocycles. The van der Waals surface area contributed by atoms with Gasteiger partial charge in [-0.25, -0.2) is 4.98 Å². The van der Waals surface area contributed by atoms with Gasteiger partial charge in [-0.05, 0) is 24.3 Å². The van der Waals surface area contributed by atoms with Crippen molar-refractivity contribution in [2.45, 2.75) is 6.61 Å². The molecule has 0 atom stereocenters. The Hall–Kier alpha value is -2.69. The van der Waals surface area contributed by atoms with Gasteiger partial charge in [0.05, 0.1) is 5.69 Å². The van der Waals surface area contributed by atoms with Crippen LogP contribution in [0.2, 0.25) is 0 Å². The molecule has 3 aromatic rings. The van der Waals surface area contributed by atoms with Gasteiger partial charge in [-0.15, -0.1) is 0 Å². The molecule has 2 aromatic heterocycles. The number of nitrogens with two attached hydrogens (primary N) is 1. The third kappa shape index (κ3) is 2.44. The average molecular weight is 255 g/mol. The predicted molar refractivity (Wildman–Crippen MR) is 72.0 cm³/mol. The molecule has 0 bridgehead atoms. The molecule has 3 rings (SSSR count). The number of aromatic hydroxyl groups is 1. The minimum Gasteiger partial charge on any atom is -0.508 e. The van der Waals surface area contributed by atoms with Gasteiger partial charge in [-0.1, -0.05) is 6.07 Å². The lowest BCUT2D eigenvalue weighted by Crippen LogP contribution is -1.95. The van der Waals surface area contributed by atoms with Crippen molar-refractivity contribution in [1.29, 1.82) is 0 Å². The highest BCUT2D eigenvalue weighted by Gasteiger charge is 2.03. The molecule has 19 heavy (non-hydrogen) atoms. The van der Waals surface area contributed by atoms with E-state index in [2.05, 4.69) is 4.98 Å². The summed E-state index contributed by atoms with van der Waals surface area (Å²) in [6.45, 7) is 0.338. The molecule has 3 N–H and O–H groups in total. The van der Waals surface area contributed by atoms with Crippen LogP contribution in [0.4, 0.5) is 5.69 Å². The molecule has 5 nitrogen and oxygen atoms in total. The lowest BCUT2D eigenvalue weighted by Gasteiger charge is -2.03. The van der Waals surface area contributed by atoms with E-state index >= 15 is 0 Å². The van der Waals surface area contributed by atoms with Crippen molar-refractivity contribution in [2.24, 2.45) is 0 Å². The van der Waals surface area contributed by atoms with Gasteiger partial charge in [0.2, 0.25) is 0 Å². The summed E-state index contributed by atoms with van der Waals surface area (Å²) in [4.78, 5) is 4.41. The summed E-state index contributed by atoms with van der Waals surface area (Å²) in [5.41, 5.74) is 8.02. The second kappa shape index (κ2) is 4.53. The largest absolute Gasteiger partial charge is 0.508 e. The Morgan fingerprint density at radius 2 is 2.11 bits per heavy atom. The lowest BCUT2D eigenvalue weighted by molar-refractivity contribution is 0.300. The van der Waals surface area contributed by atoms with E-state index in [0.29, 0.717) is 18.0 Å². The van der Waals surface area contributed by atoms with E-state index in [0.717, 1.165) is 11.3 Å². The summed E-state index contributed by atoms with van der Waals surface area (Å²) in [6, 6.07) is 10.3. The topological polar surface area (TPSA) is 72.8 Å². The molecule has 5 heteroatoms. The molecule has 0 radical (unpaired) electrons. The number of benzene rings is 1. The van der Waals surface area contributed by atoms with Crippen LogP contribution >= 0.6 is 0 Å². The van der Waals surface area contributed by atoms with Crippen LogP contribution in [0.15, 0.2) is 48.8 Å². The van der Waals surface area contributed by atoms with E-state index in [1.165, 1.54) is 0 Å². The molecule has 0 fully saturated rings. The second-order valence-corrected chi connectivity index (χ2v) is 4.25. The molecule has 0 amide bonds. The maximum absolute atomic E-state index is 9.34. The van der Waals surface area contributed by atoms with Gasteiger partial charge in [0.15, 0.2) is 0 Å². The lowest BCUT2D eigenvalue weighted by atomic mass is 10.3. The number of nitrogen functional groups attached to an aromatic ring is 1. The third-order valence-electron chi connectivity index (χ3n) is 2.73. The fourth-order valence-electron chi connectivity index (χ4n) is 1.86. The van der Waals surface area contributed by atoms with Crippen molar-refractivity contribution in [3.8, 4) is 11.5 Å². The fraction of sp³-hybridized carbons (Fsp3) is 0.0714. The van der Waals surface area contributed by atoms with E-state index in [1.54, 1.807) is 30.5 Å². The number of phenolic OH excluding ortho intramolecular Hbond substituents is 1. The quantitative estimate of drug-likeness (QED) is 0.752. The van der Waals surface area contributed by atoms with Gasteiger partial charge in [0.1, 0.15) is 23.8 Å². The number of anilines is 1. The molecular weight excluding hydrogens is 242 g/mol. The Morgan fingerprint density at radius 3 is 2.95 bits per heavy atom. The molecular formula is C14H13N3O2. The smallest absolute Gasteiger partial charge is 0.137 e. The zero-order valence-electron chi connectivity index (χ0n) is 10.2. The summed E-state index contributed by atoms with van der Waals surface area (Å²) in [5, 5.41) is 9.34. The minimum absolute atomic E-state index is 0.181. The van der Waals surface area contributed by atoms with Crippen molar-refractivity contribution < 1.29 is 9.84 Å². The first kappa shape index (κ1) is 11.4. The Labute approximate surface area is 109 Å². The number of pyridine rings is 1. The van der Waals surface area contributed by atoms with Gasteiger partial charge in [-0.2, -0.15) is 0 Å².